The molecule has 10 nitrogen and oxygen atoms in total. The Hall–Kier alpha value is -3.76. The number of ketones is 2. The van der Waals surface area contributed by atoms with E-state index in [1.807, 2.05) is 13.8 Å². The first kappa shape index (κ1) is 34.7. The van der Waals surface area contributed by atoms with Crippen LogP contribution >= 0.6 is 0 Å². The van der Waals surface area contributed by atoms with E-state index < -0.39 is 0 Å². The highest BCUT2D eigenvalue weighted by Gasteiger charge is 2.34. The standard InChI is InChI=1S/C34H46N2O8/c1-3-23(21-43-29(39)15-7-5-11-19-37)35-27-17-18-28(36-24(4-2)22-44-30(40)16-8-6-12-20-38)32-31(27)33(41)25-13-9-10-14-26(25)34(32)42/h9-10,13-14,17-18,23-24,35-38H,3-8,11-12,15-16,19-22H2,1-2H3. The number of esters is 2. The third-order valence-corrected chi connectivity index (χ3v) is 7.75. The number of aliphatic hydroxyl groups is 2. The number of ether oxygens (including phenoxy) is 2. The van der Waals surface area contributed by atoms with Crippen LogP contribution in [-0.4, -0.2) is 72.2 Å². The summed E-state index contributed by atoms with van der Waals surface area (Å²) in [6.07, 6.45) is 5.83. The summed E-state index contributed by atoms with van der Waals surface area (Å²) in [7, 11) is 0. The SMILES string of the molecule is CCC(COC(=O)CCCCCO)Nc1ccc(NC(CC)COC(=O)CCCCCO)c2c1C(=O)c1ccccc1C2=O. The molecule has 4 N–H and O–H groups in total. The van der Waals surface area contributed by atoms with Gasteiger partial charge in [0.2, 0.25) is 0 Å². The summed E-state index contributed by atoms with van der Waals surface area (Å²) in [5, 5.41) is 24.5. The van der Waals surface area contributed by atoms with Crippen LogP contribution in [0.15, 0.2) is 36.4 Å². The van der Waals surface area contributed by atoms with Crippen LogP contribution in [-0.2, 0) is 19.1 Å². The molecule has 0 aliphatic heterocycles. The van der Waals surface area contributed by atoms with Gasteiger partial charge in [-0.3, -0.25) is 19.2 Å². The van der Waals surface area contributed by atoms with E-state index in [0.717, 1.165) is 12.8 Å². The molecule has 0 heterocycles. The second-order valence-corrected chi connectivity index (χ2v) is 11.0. The molecule has 10 heteroatoms. The Morgan fingerprint density at radius 2 is 1.07 bits per heavy atom. The zero-order chi connectivity index (χ0) is 31.9. The predicted molar refractivity (Wildman–Crippen MR) is 168 cm³/mol. The van der Waals surface area contributed by atoms with Gasteiger partial charge < -0.3 is 30.3 Å². The summed E-state index contributed by atoms with van der Waals surface area (Å²) in [5.41, 5.74) is 2.12. The van der Waals surface area contributed by atoms with Gasteiger partial charge >= 0.3 is 11.9 Å². The van der Waals surface area contributed by atoms with Gasteiger partial charge in [0.05, 0.1) is 23.2 Å². The molecule has 1 aliphatic rings. The van der Waals surface area contributed by atoms with E-state index in [1.54, 1.807) is 36.4 Å². The quantitative estimate of drug-likeness (QED) is 0.101. The van der Waals surface area contributed by atoms with Gasteiger partial charge in [0.15, 0.2) is 11.6 Å². The van der Waals surface area contributed by atoms with Crippen LogP contribution in [0.3, 0.4) is 0 Å². The Kier molecular flexibility index (Phi) is 14.3. The van der Waals surface area contributed by atoms with E-state index in [0.29, 0.717) is 61.0 Å². The maximum atomic E-state index is 13.8. The minimum atomic E-state index is -0.318. The normalized spacial score (nSPS) is 13.5. The molecule has 44 heavy (non-hydrogen) atoms. The van der Waals surface area contributed by atoms with Crippen molar-refractivity contribution in [3.63, 3.8) is 0 Å². The van der Waals surface area contributed by atoms with Crippen molar-refractivity contribution >= 4 is 34.9 Å². The molecule has 2 aromatic carbocycles. The maximum Gasteiger partial charge on any atom is 0.305 e. The number of benzene rings is 2. The largest absolute Gasteiger partial charge is 0.463 e. The minimum absolute atomic E-state index is 0.0977. The van der Waals surface area contributed by atoms with Crippen molar-refractivity contribution in [3.05, 3.63) is 58.7 Å². The van der Waals surface area contributed by atoms with Gasteiger partial charge in [0.1, 0.15) is 13.2 Å². The van der Waals surface area contributed by atoms with Crippen molar-refractivity contribution in [2.45, 2.75) is 90.1 Å². The van der Waals surface area contributed by atoms with Gasteiger partial charge in [0.25, 0.3) is 0 Å². The Bertz CT molecular complexity index is 1180. The van der Waals surface area contributed by atoms with Gasteiger partial charge in [-0.05, 0) is 50.7 Å². The number of unbranched alkanes of at least 4 members (excludes halogenated alkanes) is 4. The fourth-order valence-electron chi connectivity index (χ4n) is 5.07. The number of aliphatic hydroxyl groups excluding tert-OH is 2. The summed E-state index contributed by atoms with van der Waals surface area (Å²) >= 11 is 0. The van der Waals surface area contributed by atoms with E-state index in [9.17, 15) is 19.2 Å². The molecule has 0 saturated carbocycles. The number of carbonyl (C=O) groups excluding carboxylic acids is 4. The molecule has 2 atom stereocenters. The lowest BCUT2D eigenvalue weighted by Gasteiger charge is -2.27. The fraction of sp³-hybridized carbons (Fsp3) is 0.529. The number of hydrogen-bond acceptors (Lipinski definition) is 10. The highest BCUT2D eigenvalue weighted by molar-refractivity contribution is 6.31. The van der Waals surface area contributed by atoms with E-state index in [1.165, 1.54) is 0 Å². The zero-order valence-corrected chi connectivity index (χ0v) is 25.9. The molecule has 0 fully saturated rings. The highest BCUT2D eigenvalue weighted by atomic mass is 16.5. The van der Waals surface area contributed by atoms with Gasteiger partial charge in [-0.25, -0.2) is 0 Å². The molecular formula is C34H46N2O8. The fourth-order valence-corrected chi connectivity index (χ4v) is 5.07. The summed E-state index contributed by atoms with van der Waals surface area (Å²) in [4.78, 5) is 52.2. The Morgan fingerprint density at radius 3 is 1.43 bits per heavy atom. The molecular weight excluding hydrogens is 564 g/mol. The molecule has 0 bridgehead atoms. The molecule has 1 aliphatic carbocycles. The third kappa shape index (κ3) is 9.62. The second-order valence-electron chi connectivity index (χ2n) is 11.0. The first-order valence-electron chi connectivity index (χ1n) is 15.8. The van der Waals surface area contributed by atoms with Gasteiger partial charge in [0, 0.05) is 48.6 Å². The second kappa shape index (κ2) is 18.1. The number of fused-ring (bicyclic) bond motifs is 2. The summed E-state index contributed by atoms with van der Waals surface area (Å²) in [5.74, 6) is -1.19. The number of anilines is 2. The van der Waals surface area contributed by atoms with Crippen molar-refractivity contribution in [2.75, 3.05) is 37.1 Å². The van der Waals surface area contributed by atoms with Crippen LogP contribution in [0.4, 0.5) is 11.4 Å². The first-order valence-corrected chi connectivity index (χ1v) is 15.8. The van der Waals surface area contributed by atoms with E-state index >= 15 is 0 Å². The average Bonchev–Trinajstić information content (AvgIpc) is 3.04. The third-order valence-electron chi connectivity index (χ3n) is 7.75. The molecule has 2 aromatic rings. The minimum Gasteiger partial charge on any atom is -0.463 e. The molecule has 0 saturated heterocycles. The molecule has 0 spiro atoms. The summed E-state index contributed by atoms with van der Waals surface area (Å²) in [6, 6.07) is 9.66. The van der Waals surface area contributed by atoms with Crippen LogP contribution in [0.5, 0.6) is 0 Å². The van der Waals surface area contributed by atoms with Crippen molar-refractivity contribution in [2.24, 2.45) is 0 Å². The Morgan fingerprint density at radius 1 is 0.659 bits per heavy atom. The van der Waals surface area contributed by atoms with E-state index in [2.05, 4.69) is 10.6 Å². The first-order chi connectivity index (χ1) is 21.3. The van der Waals surface area contributed by atoms with Crippen LogP contribution in [0.1, 0.15) is 110 Å². The molecule has 2 unspecified atom stereocenters. The zero-order valence-electron chi connectivity index (χ0n) is 25.9. The number of hydrogen-bond donors (Lipinski definition) is 4. The van der Waals surface area contributed by atoms with Crippen LogP contribution < -0.4 is 10.6 Å². The topological polar surface area (TPSA) is 151 Å². The highest BCUT2D eigenvalue weighted by Crippen LogP contribution is 2.37. The average molecular weight is 611 g/mol. The van der Waals surface area contributed by atoms with Gasteiger partial charge in [-0.15, -0.1) is 0 Å². The van der Waals surface area contributed by atoms with Crippen LogP contribution in [0.2, 0.25) is 0 Å². The lowest BCUT2D eigenvalue weighted by atomic mass is 9.82. The summed E-state index contributed by atoms with van der Waals surface area (Å²) in [6.45, 7) is 4.29. The van der Waals surface area contributed by atoms with Gasteiger partial charge in [-0.2, -0.15) is 0 Å². The number of nitrogens with one attached hydrogen (secondary N) is 2. The van der Waals surface area contributed by atoms with Crippen LogP contribution in [0.25, 0.3) is 0 Å². The van der Waals surface area contributed by atoms with Crippen molar-refractivity contribution in [3.8, 4) is 0 Å². The van der Waals surface area contributed by atoms with Crippen molar-refractivity contribution in [1.82, 2.24) is 0 Å². The van der Waals surface area contributed by atoms with E-state index in [-0.39, 0.29) is 86.0 Å². The Labute approximate surface area is 259 Å². The molecule has 240 valence electrons. The monoisotopic (exact) mass is 610 g/mol. The van der Waals surface area contributed by atoms with Gasteiger partial charge in [-0.1, -0.05) is 51.0 Å². The molecule has 0 aromatic heterocycles. The van der Waals surface area contributed by atoms with Crippen molar-refractivity contribution in [1.29, 1.82) is 0 Å². The molecule has 0 amide bonds. The lowest BCUT2D eigenvalue weighted by molar-refractivity contribution is -0.145. The summed E-state index contributed by atoms with van der Waals surface area (Å²) < 4.78 is 11.0. The lowest BCUT2D eigenvalue weighted by Crippen LogP contribution is -2.31. The maximum absolute atomic E-state index is 13.8. The van der Waals surface area contributed by atoms with E-state index in [4.69, 9.17) is 19.7 Å². The Balaban J connectivity index is 1.80. The number of rotatable bonds is 20. The molecule has 0 radical (unpaired) electrons. The van der Waals surface area contributed by atoms with Crippen LogP contribution in [0, 0.1) is 0 Å². The smallest absolute Gasteiger partial charge is 0.305 e. The van der Waals surface area contributed by atoms with Crippen molar-refractivity contribution < 1.29 is 38.9 Å². The predicted octanol–water partition coefficient (Wildman–Crippen LogP) is 5.03. The molecule has 3 rings (SSSR count). The number of carbonyl (C=O) groups is 4.